The van der Waals surface area contributed by atoms with E-state index in [0.29, 0.717) is 27.3 Å². The maximum Gasteiger partial charge on any atom is 0.280 e. The lowest BCUT2D eigenvalue weighted by molar-refractivity contribution is -0.127. The van der Waals surface area contributed by atoms with Crippen molar-refractivity contribution in [2.24, 2.45) is 5.10 Å². The molecule has 2 aromatic rings. The molecule has 0 aliphatic heterocycles. The van der Waals surface area contributed by atoms with E-state index >= 15 is 0 Å². The SMILES string of the molecule is CC(=NNC(=O)C(C)Oc1ccc(Cl)cc1Cl)c1ccc(C)o1. The van der Waals surface area contributed by atoms with Crippen LogP contribution >= 0.6 is 23.2 Å². The van der Waals surface area contributed by atoms with E-state index in [1.807, 2.05) is 13.0 Å². The van der Waals surface area contributed by atoms with Crippen LogP contribution in [0.15, 0.2) is 39.9 Å². The van der Waals surface area contributed by atoms with Crippen molar-refractivity contribution in [2.75, 3.05) is 0 Å². The fourth-order valence-electron chi connectivity index (χ4n) is 1.73. The van der Waals surface area contributed by atoms with Crippen LogP contribution in [0.4, 0.5) is 0 Å². The third-order valence-corrected chi connectivity index (χ3v) is 3.53. The second-order valence-corrected chi connectivity index (χ2v) is 5.76. The van der Waals surface area contributed by atoms with Crippen LogP contribution in [0.25, 0.3) is 0 Å². The Morgan fingerprint density at radius 2 is 2.04 bits per heavy atom. The van der Waals surface area contributed by atoms with E-state index in [1.165, 1.54) is 0 Å². The molecule has 2 rings (SSSR count). The van der Waals surface area contributed by atoms with Gasteiger partial charge in [-0.15, -0.1) is 0 Å². The zero-order valence-corrected chi connectivity index (χ0v) is 14.4. The Balaban J connectivity index is 1.97. The summed E-state index contributed by atoms with van der Waals surface area (Å²) in [5.41, 5.74) is 2.99. The zero-order chi connectivity index (χ0) is 17.0. The summed E-state index contributed by atoms with van der Waals surface area (Å²) in [6.45, 7) is 5.17. The highest BCUT2D eigenvalue weighted by atomic mass is 35.5. The molecule has 1 unspecified atom stereocenters. The molecule has 0 fully saturated rings. The molecule has 122 valence electrons. The molecule has 0 bridgehead atoms. The van der Waals surface area contributed by atoms with E-state index in [2.05, 4.69) is 10.5 Å². The maximum atomic E-state index is 12.0. The van der Waals surface area contributed by atoms with Crippen molar-refractivity contribution in [1.29, 1.82) is 0 Å². The van der Waals surface area contributed by atoms with E-state index < -0.39 is 12.0 Å². The number of nitrogens with one attached hydrogen (secondary N) is 1. The van der Waals surface area contributed by atoms with Crippen molar-refractivity contribution >= 4 is 34.8 Å². The van der Waals surface area contributed by atoms with Gasteiger partial charge in [0.05, 0.1) is 5.02 Å². The second-order valence-electron chi connectivity index (χ2n) is 4.92. The fraction of sp³-hybridized carbons (Fsp3) is 0.250. The van der Waals surface area contributed by atoms with Crippen LogP contribution in [-0.4, -0.2) is 17.7 Å². The van der Waals surface area contributed by atoms with Gasteiger partial charge >= 0.3 is 0 Å². The minimum atomic E-state index is -0.774. The molecule has 0 saturated heterocycles. The number of furan rings is 1. The Bertz CT molecular complexity index is 741. The first kappa shape index (κ1) is 17.4. The fourth-order valence-corrected chi connectivity index (χ4v) is 2.18. The Hall–Kier alpha value is -1.98. The summed E-state index contributed by atoms with van der Waals surface area (Å²) in [6.07, 6.45) is -0.774. The van der Waals surface area contributed by atoms with Crippen molar-refractivity contribution in [3.63, 3.8) is 0 Å². The van der Waals surface area contributed by atoms with Crippen LogP contribution in [-0.2, 0) is 4.79 Å². The number of aryl methyl sites for hydroxylation is 1. The molecule has 0 aliphatic carbocycles. The highest BCUT2D eigenvalue weighted by molar-refractivity contribution is 6.35. The lowest BCUT2D eigenvalue weighted by atomic mass is 10.3. The van der Waals surface area contributed by atoms with Gasteiger partial charge in [-0.05, 0) is 51.1 Å². The quantitative estimate of drug-likeness (QED) is 0.646. The third-order valence-electron chi connectivity index (χ3n) is 3.00. The van der Waals surface area contributed by atoms with Gasteiger partial charge in [-0.2, -0.15) is 5.10 Å². The van der Waals surface area contributed by atoms with E-state index in [9.17, 15) is 4.79 Å². The van der Waals surface area contributed by atoms with Gasteiger partial charge in [0.25, 0.3) is 5.91 Å². The minimum Gasteiger partial charge on any atom is -0.479 e. The first-order chi connectivity index (χ1) is 10.9. The standard InChI is InChI=1S/C16H16Cl2N2O3/c1-9-4-6-14(22-9)10(2)19-20-16(21)11(3)23-15-7-5-12(17)8-13(15)18/h4-8,11H,1-3H3,(H,20,21). The van der Waals surface area contributed by atoms with Gasteiger partial charge in [0, 0.05) is 5.02 Å². The first-order valence-corrected chi connectivity index (χ1v) is 7.65. The summed E-state index contributed by atoms with van der Waals surface area (Å²) in [6, 6.07) is 8.40. The molecule has 0 spiro atoms. The van der Waals surface area contributed by atoms with Crippen molar-refractivity contribution < 1.29 is 13.9 Å². The maximum absolute atomic E-state index is 12.0. The molecule has 23 heavy (non-hydrogen) atoms. The molecular formula is C16H16Cl2N2O3. The van der Waals surface area contributed by atoms with Crippen LogP contribution in [0.3, 0.4) is 0 Å². The third kappa shape index (κ3) is 4.74. The van der Waals surface area contributed by atoms with Crippen LogP contribution in [0.1, 0.15) is 25.4 Å². The molecule has 1 amide bonds. The number of hydrogen-bond acceptors (Lipinski definition) is 4. The average Bonchev–Trinajstić information content (AvgIpc) is 2.93. The molecule has 5 nitrogen and oxygen atoms in total. The number of carbonyl (C=O) groups excluding carboxylic acids is 1. The van der Waals surface area contributed by atoms with Gasteiger partial charge in [0.2, 0.25) is 0 Å². The minimum absolute atomic E-state index is 0.336. The number of ether oxygens (including phenoxy) is 1. The average molecular weight is 355 g/mol. The molecule has 1 heterocycles. The Morgan fingerprint density at radius 1 is 1.30 bits per heavy atom. The van der Waals surface area contributed by atoms with E-state index in [4.69, 9.17) is 32.4 Å². The molecule has 1 atom stereocenters. The molecule has 1 N–H and O–H groups in total. The van der Waals surface area contributed by atoms with Crippen LogP contribution in [0.2, 0.25) is 10.0 Å². The summed E-state index contributed by atoms with van der Waals surface area (Å²) in [4.78, 5) is 12.0. The number of benzene rings is 1. The van der Waals surface area contributed by atoms with Crippen LogP contribution in [0.5, 0.6) is 5.75 Å². The van der Waals surface area contributed by atoms with Gasteiger partial charge in [-0.25, -0.2) is 5.43 Å². The Morgan fingerprint density at radius 3 is 2.65 bits per heavy atom. The largest absolute Gasteiger partial charge is 0.479 e. The van der Waals surface area contributed by atoms with E-state index in [0.717, 1.165) is 5.76 Å². The number of hydrazone groups is 1. The van der Waals surface area contributed by atoms with Crippen molar-refractivity contribution in [2.45, 2.75) is 26.9 Å². The zero-order valence-electron chi connectivity index (χ0n) is 12.9. The highest BCUT2D eigenvalue weighted by Gasteiger charge is 2.16. The van der Waals surface area contributed by atoms with Crippen LogP contribution in [0, 0.1) is 6.92 Å². The van der Waals surface area contributed by atoms with Crippen molar-refractivity contribution in [3.05, 3.63) is 51.9 Å². The number of nitrogens with zero attached hydrogens (tertiary/aromatic N) is 1. The first-order valence-electron chi connectivity index (χ1n) is 6.89. The van der Waals surface area contributed by atoms with Gasteiger partial charge in [0.1, 0.15) is 23.0 Å². The van der Waals surface area contributed by atoms with Crippen molar-refractivity contribution in [3.8, 4) is 5.75 Å². The number of hydrogen-bond donors (Lipinski definition) is 1. The predicted molar refractivity (Wildman–Crippen MR) is 90.4 cm³/mol. The number of halogens is 2. The van der Waals surface area contributed by atoms with Gasteiger partial charge in [-0.3, -0.25) is 4.79 Å². The van der Waals surface area contributed by atoms with Crippen molar-refractivity contribution in [1.82, 2.24) is 5.43 Å². The molecule has 1 aromatic carbocycles. The lowest BCUT2D eigenvalue weighted by Crippen LogP contribution is -2.34. The van der Waals surface area contributed by atoms with Gasteiger partial charge < -0.3 is 9.15 Å². The summed E-state index contributed by atoms with van der Waals surface area (Å²) < 4.78 is 10.9. The van der Waals surface area contributed by atoms with E-state index in [1.54, 1.807) is 38.1 Å². The van der Waals surface area contributed by atoms with E-state index in [-0.39, 0.29) is 0 Å². The monoisotopic (exact) mass is 354 g/mol. The van der Waals surface area contributed by atoms with Gasteiger partial charge in [-0.1, -0.05) is 23.2 Å². The normalized spacial score (nSPS) is 12.8. The number of amides is 1. The number of carbonyl (C=O) groups is 1. The Kier molecular flexibility index (Phi) is 5.69. The molecule has 0 aliphatic rings. The second kappa shape index (κ2) is 7.53. The molecule has 1 aromatic heterocycles. The topological polar surface area (TPSA) is 63.8 Å². The van der Waals surface area contributed by atoms with Crippen LogP contribution < -0.4 is 10.2 Å². The number of rotatable bonds is 5. The predicted octanol–water partition coefficient (Wildman–Crippen LogP) is 4.20. The molecular weight excluding hydrogens is 339 g/mol. The molecule has 7 heteroatoms. The summed E-state index contributed by atoms with van der Waals surface area (Å²) in [7, 11) is 0. The Labute approximate surface area is 144 Å². The summed E-state index contributed by atoms with van der Waals surface area (Å²) >= 11 is 11.8. The summed E-state index contributed by atoms with van der Waals surface area (Å²) in [5.74, 6) is 1.34. The lowest BCUT2D eigenvalue weighted by Gasteiger charge is -2.14. The highest BCUT2D eigenvalue weighted by Crippen LogP contribution is 2.28. The molecule has 0 saturated carbocycles. The molecule has 0 radical (unpaired) electrons. The summed E-state index contributed by atoms with van der Waals surface area (Å²) in [5, 5.41) is 4.83. The van der Waals surface area contributed by atoms with Gasteiger partial charge in [0.15, 0.2) is 6.10 Å². The smallest absolute Gasteiger partial charge is 0.280 e.